The third-order valence-corrected chi connectivity index (χ3v) is 8.27. The fourth-order valence-electron chi connectivity index (χ4n) is 5.26. The number of hydrogen-bond donors (Lipinski definition) is 4. The van der Waals surface area contributed by atoms with Gasteiger partial charge in [0.2, 0.25) is 0 Å². The smallest absolute Gasteiger partial charge is 0.328 e. The number of carboxylic acids is 1. The zero-order valence-corrected chi connectivity index (χ0v) is 23.4. The molecule has 0 bridgehead atoms. The molecule has 4 N–H and O–H groups in total. The van der Waals surface area contributed by atoms with E-state index in [9.17, 15) is 19.5 Å². The van der Waals surface area contributed by atoms with Gasteiger partial charge in [-0.1, -0.05) is 77.3 Å². The van der Waals surface area contributed by atoms with Crippen LogP contribution in [-0.2, 0) is 11.2 Å². The lowest BCUT2D eigenvalue weighted by Crippen LogP contribution is -2.50. The number of rotatable bonds is 8. The molecule has 2 aliphatic rings. The first-order chi connectivity index (χ1) is 19.2. The first-order valence-electron chi connectivity index (χ1n) is 13.2. The van der Waals surface area contributed by atoms with Crippen molar-refractivity contribution in [3.8, 4) is 0 Å². The lowest BCUT2D eigenvalue weighted by molar-refractivity contribution is -0.139. The van der Waals surface area contributed by atoms with Gasteiger partial charge in [0.25, 0.3) is 5.91 Å². The van der Waals surface area contributed by atoms with Crippen LogP contribution < -0.4 is 20.9 Å². The van der Waals surface area contributed by atoms with Crippen LogP contribution in [0.15, 0.2) is 60.7 Å². The summed E-state index contributed by atoms with van der Waals surface area (Å²) in [5, 5.41) is 17.9. The van der Waals surface area contributed by atoms with Gasteiger partial charge in [0, 0.05) is 19.0 Å². The number of hydrogen-bond acceptors (Lipinski definition) is 4. The molecule has 0 unspecified atom stereocenters. The Balaban J connectivity index is 1.20. The first kappa shape index (κ1) is 27.8. The SMILES string of the molecule is Cc1ccc(C2CN(c3ccc(Cl)c(C(=O)N[C@@H](CNC(=O)N[C@@H]4CCc5ccccc54)C(=O)O)c3Cl)C2)cc1. The number of anilines is 1. The average Bonchev–Trinajstić information content (AvgIpc) is 3.30. The molecule has 0 spiro atoms. The summed E-state index contributed by atoms with van der Waals surface area (Å²) < 4.78 is 0. The van der Waals surface area contributed by atoms with E-state index in [-0.39, 0.29) is 28.2 Å². The zero-order chi connectivity index (χ0) is 28.4. The summed E-state index contributed by atoms with van der Waals surface area (Å²) in [6, 6.07) is 17.6. The highest BCUT2D eigenvalue weighted by molar-refractivity contribution is 6.41. The third kappa shape index (κ3) is 5.88. The van der Waals surface area contributed by atoms with E-state index in [1.54, 1.807) is 12.1 Å². The molecule has 2 atom stereocenters. The van der Waals surface area contributed by atoms with E-state index in [0.717, 1.165) is 31.5 Å². The highest BCUT2D eigenvalue weighted by Crippen LogP contribution is 2.39. The molecule has 1 fully saturated rings. The van der Waals surface area contributed by atoms with E-state index in [1.165, 1.54) is 16.7 Å². The van der Waals surface area contributed by atoms with Crippen LogP contribution in [0, 0.1) is 6.92 Å². The largest absolute Gasteiger partial charge is 0.480 e. The Labute approximate surface area is 242 Å². The quantitative estimate of drug-likeness (QED) is 0.297. The van der Waals surface area contributed by atoms with Crippen LogP contribution in [0.4, 0.5) is 10.5 Å². The molecule has 8 nitrogen and oxygen atoms in total. The number of fused-ring (bicyclic) bond motifs is 1. The minimum Gasteiger partial charge on any atom is -0.480 e. The number of aryl methyl sites for hydroxylation is 2. The number of nitrogens with zero attached hydrogens (tertiary/aromatic N) is 1. The number of nitrogens with one attached hydrogen (secondary N) is 3. The van der Waals surface area contributed by atoms with E-state index in [4.69, 9.17) is 23.2 Å². The second kappa shape index (κ2) is 11.8. The van der Waals surface area contributed by atoms with Gasteiger partial charge in [-0.2, -0.15) is 0 Å². The highest BCUT2D eigenvalue weighted by atomic mass is 35.5. The van der Waals surface area contributed by atoms with E-state index in [0.29, 0.717) is 11.6 Å². The molecule has 1 aliphatic heterocycles. The van der Waals surface area contributed by atoms with E-state index >= 15 is 0 Å². The van der Waals surface area contributed by atoms with Crippen molar-refractivity contribution in [3.05, 3.63) is 98.5 Å². The van der Waals surface area contributed by atoms with E-state index in [2.05, 4.69) is 45.1 Å². The van der Waals surface area contributed by atoms with Crippen molar-refractivity contribution in [2.45, 2.75) is 37.8 Å². The zero-order valence-electron chi connectivity index (χ0n) is 21.9. The standard InChI is InChI=1S/C30H30Cl2N4O4/c1-17-6-8-18(9-7-17)20-15-36(16-20)25-13-11-22(31)26(27(25)32)28(37)34-24(29(38)39)14-33-30(40)35-23-12-10-19-4-2-3-5-21(19)23/h2-9,11,13,20,23-24H,10,12,14-16H2,1H3,(H,34,37)(H,38,39)(H2,33,35,40)/t23-,24+/m1/s1. The summed E-state index contributed by atoms with van der Waals surface area (Å²) in [6.45, 7) is 3.19. The van der Waals surface area contributed by atoms with Gasteiger partial charge in [0.1, 0.15) is 6.04 Å². The van der Waals surface area contributed by atoms with Gasteiger partial charge < -0.3 is 26.0 Å². The maximum atomic E-state index is 13.2. The molecule has 0 aromatic heterocycles. The van der Waals surface area contributed by atoms with Crippen molar-refractivity contribution < 1.29 is 19.5 Å². The Morgan fingerprint density at radius 2 is 1.75 bits per heavy atom. The fraction of sp³-hybridized carbons (Fsp3) is 0.300. The topological polar surface area (TPSA) is 111 Å². The van der Waals surface area contributed by atoms with Crippen molar-refractivity contribution in [2.24, 2.45) is 0 Å². The summed E-state index contributed by atoms with van der Waals surface area (Å²) >= 11 is 13.0. The molecule has 1 aliphatic carbocycles. The lowest BCUT2D eigenvalue weighted by atomic mass is 9.90. The molecular weight excluding hydrogens is 551 g/mol. The number of carboxylic acid groups (broad SMARTS) is 1. The molecule has 3 amide bonds. The average molecular weight is 582 g/mol. The van der Waals surface area contributed by atoms with Gasteiger partial charge in [-0.15, -0.1) is 0 Å². The van der Waals surface area contributed by atoms with Crippen molar-refractivity contribution in [3.63, 3.8) is 0 Å². The normalized spacial score (nSPS) is 17.0. The molecule has 0 saturated carbocycles. The summed E-state index contributed by atoms with van der Waals surface area (Å²) in [6.07, 6.45) is 1.63. The fourth-order valence-corrected chi connectivity index (χ4v) is 5.92. The number of urea groups is 1. The number of carbonyl (C=O) groups is 3. The van der Waals surface area contributed by atoms with Gasteiger partial charge in [-0.3, -0.25) is 4.79 Å². The molecule has 40 heavy (non-hydrogen) atoms. The van der Waals surface area contributed by atoms with E-state index < -0.39 is 23.9 Å². The van der Waals surface area contributed by atoms with Crippen molar-refractivity contribution in [1.29, 1.82) is 0 Å². The maximum Gasteiger partial charge on any atom is 0.328 e. The summed E-state index contributed by atoms with van der Waals surface area (Å²) in [7, 11) is 0. The van der Waals surface area contributed by atoms with Gasteiger partial charge in [0.05, 0.1) is 33.9 Å². The molecule has 1 saturated heterocycles. The molecule has 10 heteroatoms. The van der Waals surface area contributed by atoms with Crippen molar-refractivity contribution in [1.82, 2.24) is 16.0 Å². The van der Waals surface area contributed by atoms with Crippen LogP contribution in [0.3, 0.4) is 0 Å². The van der Waals surface area contributed by atoms with Crippen molar-refractivity contribution >= 4 is 46.8 Å². The minimum atomic E-state index is -1.39. The van der Waals surface area contributed by atoms with Gasteiger partial charge in [-0.05, 0) is 48.6 Å². The van der Waals surface area contributed by atoms with Crippen LogP contribution >= 0.6 is 23.2 Å². The Morgan fingerprint density at radius 1 is 1.02 bits per heavy atom. The highest BCUT2D eigenvalue weighted by Gasteiger charge is 2.32. The number of amides is 3. The van der Waals surface area contributed by atoms with Crippen LogP contribution in [0.2, 0.25) is 10.0 Å². The van der Waals surface area contributed by atoms with Gasteiger partial charge >= 0.3 is 12.0 Å². The molecule has 3 aromatic rings. The second-order valence-corrected chi connectivity index (χ2v) is 11.1. The lowest BCUT2D eigenvalue weighted by Gasteiger charge is -2.42. The van der Waals surface area contributed by atoms with E-state index in [1.807, 2.05) is 31.2 Å². The monoisotopic (exact) mass is 580 g/mol. The minimum absolute atomic E-state index is 0.00196. The maximum absolute atomic E-state index is 13.2. The number of carbonyl (C=O) groups excluding carboxylic acids is 2. The van der Waals surface area contributed by atoms with Crippen LogP contribution in [0.1, 0.15) is 51.0 Å². The first-order valence-corrected chi connectivity index (χ1v) is 13.9. The molecule has 3 aromatic carbocycles. The number of benzene rings is 3. The van der Waals surface area contributed by atoms with Gasteiger partial charge in [-0.25, -0.2) is 9.59 Å². The molecule has 5 rings (SSSR count). The summed E-state index contributed by atoms with van der Waals surface area (Å²) in [5.74, 6) is -1.69. The van der Waals surface area contributed by atoms with Crippen LogP contribution in [0.25, 0.3) is 0 Å². The van der Waals surface area contributed by atoms with Crippen LogP contribution in [0.5, 0.6) is 0 Å². The molecular formula is C30H30Cl2N4O4. The third-order valence-electron chi connectivity index (χ3n) is 7.58. The summed E-state index contributed by atoms with van der Waals surface area (Å²) in [4.78, 5) is 39.7. The second-order valence-electron chi connectivity index (χ2n) is 10.3. The Bertz CT molecular complexity index is 1440. The Kier molecular flexibility index (Phi) is 8.19. The predicted molar refractivity (Wildman–Crippen MR) is 156 cm³/mol. The van der Waals surface area contributed by atoms with Gasteiger partial charge in [0.15, 0.2) is 0 Å². The predicted octanol–water partition coefficient (Wildman–Crippen LogP) is 5.08. The van der Waals surface area contributed by atoms with Crippen LogP contribution in [-0.4, -0.2) is 48.7 Å². The molecule has 208 valence electrons. The van der Waals surface area contributed by atoms with Crippen molar-refractivity contribution in [2.75, 3.05) is 24.5 Å². The molecule has 0 radical (unpaired) electrons. The number of halogens is 2. The molecule has 1 heterocycles. The Hall–Kier alpha value is -3.75. The Morgan fingerprint density at radius 3 is 2.48 bits per heavy atom. The number of aliphatic carboxylic acids is 1. The summed E-state index contributed by atoms with van der Waals surface area (Å²) in [5.41, 5.74) is 5.33.